The summed E-state index contributed by atoms with van der Waals surface area (Å²) in [5.74, 6) is 7.23. The maximum Gasteiger partial charge on any atom is 0.335 e. The topological polar surface area (TPSA) is 35.5 Å². The number of ether oxygens (including phenoxy) is 2. The van der Waals surface area contributed by atoms with Crippen LogP contribution in [0.15, 0.2) is 55.1 Å². The molecule has 0 heterocycles. The fraction of sp³-hybridized carbons (Fsp3) is 0.393. The number of hydrogen-bond acceptors (Lipinski definition) is 3. The maximum atomic E-state index is 11.2. The lowest BCUT2D eigenvalue weighted by Crippen LogP contribution is -2.02. The first-order valence-corrected chi connectivity index (χ1v) is 11.3. The highest BCUT2D eigenvalue weighted by atomic mass is 16.5. The van der Waals surface area contributed by atoms with Gasteiger partial charge in [-0.1, -0.05) is 76.4 Å². The van der Waals surface area contributed by atoms with Crippen LogP contribution in [0, 0.1) is 11.8 Å². The number of unbranched alkanes of at least 4 members (excludes halogenated alkanes) is 7. The van der Waals surface area contributed by atoms with E-state index in [1.807, 2.05) is 18.2 Å². The SMILES string of the molecule is C=CC(=O)Oc1ccc(C#Cc2ccc(CCCCCCCCCC)c(OC)c2)cc1. The van der Waals surface area contributed by atoms with E-state index in [0.29, 0.717) is 5.75 Å². The largest absolute Gasteiger partial charge is 0.496 e. The van der Waals surface area contributed by atoms with Gasteiger partial charge in [-0.15, -0.1) is 0 Å². The number of esters is 1. The minimum atomic E-state index is -0.474. The molecule has 0 aliphatic carbocycles. The van der Waals surface area contributed by atoms with Gasteiger partial charge < -0.3 is 9.47 Å². The summed E-state index contributed by atoms with van der Waals surface area (Å²) in [5, 5.41) is 0. The van der Waals surface area contributed by atoms with Gasteiger partial charge in [0.1, 0.15) is 11.5 Å². The molecule has 0 aliphatic rings. The van der Waals surface area contributed by atoms with Crippen LogP contribution in [0.1, 0.15) is 75.0 Å². The van der Waals surface area contributed by atoms with Gasteiger partial charge in [0.25, 0.3) is 0 Å². The van der Waals surface area contributed by atoms with E-state index in [2.05, 4.69) is 37.5 Å². The van der Waals surface area contributed by atoms with E-state index in [1.165, 1.54) is 56.9 Å². The van der Waals surface area contributed by atoms with Crippen molar-refractivity contribution in [1.29, 1.82) is 0 Å². The molecule has 0 saturated heterocycles. The van der Waals surface area contributed by atoms with Crippen molar-refractivity contribution in [2.45, 2.75) is 64.7 Å². The quantitative estimate of drug-likeness (QED) is 0.124. The van der Waals surface area contributed by atoms with Gasteiger partial charge >= 0.3 is 5.97 Å². The van der Waals surface area contributed by atoms with Gasteiger partial charge in [0, 0.05) is 17.2 Å². The lowest BCUT2D eigenvalue weighted by Gasteiger charge is -2.09. The average Bonchev–Trinajstić information content (AvgIpc) is 2.80. The fourth-order valence-corrected chi connectivity index (χ4v) is 3.39. The first-order chi connectivity index (χ1) is 15.2. The van der Waals surface area contributed by atoms with Crippen LogP contribution in [-0.4, -0.2) is 13.1 Å². The van der Waals surface area contributed by atoms with Gasteiger partial charge in [-0.05, 0) is 54.8 Å². The van der Waals surface area contributed by atoms with Crippen molar-refractivity contribution in [2.24, 2.45) is 0 Å². The molecule has 2 aromatic carbocycles. The summed E-state index contributed by atoms with van der Waals surface area (Å²) in [4.78, 5) is 11.2. The summed E-state index contributed by atoms with van der Waals surface area (Å²) < 4.78 is 10.7. The zero-order valence-electron chi connectivity index (χ0n) is 18.9. The molecule has 0 unspecified atom stereocenters. The van der Waals surface area contributed by atoms with E-state index >= 15 is 0 Å². The summed E-state index contributed by atoms with van der Waals surface area (Å²) in [7, 11) is 1.72. The molecule has 0 atom stereocenters. The molecule has 2 rings (SSSR count). The standard InChI is InChI=1S/C28H34O3/c1-4-6-7-8-9-10-11-12-13-25-19-16-24(22-27(25)30-3)15-14-23-17-20-26(21-18-23)31-28(29)5-2/h5,16-22H,2,4,6-13H2,1,3H3. The van der Waals surface area contributed by atoms with Crippen LogP contribution >= 0.6 is 0 Å². The van der Waals surface area contributed by atoms with Crippen molar-refractivity contribution in [3.8, 4) is 23.3 Å². The van der Waals surface area contributed by atoms with Gasteiger partial charge in [0.15, 0.2) is 0 Å². The second kappa shape index (κ2) is 14.1. The van der Waals surface area contributed by atoms with Crippen LogP contribution < -0.4 is 9.47 Å². The van der Waals surface area contributed by atoms with E-state index in [9.17, 15) is 4.79 Å². The van der Waals surface area contributed by atoms with Crippen molar-refractivity contribution in [3.63, 3.8) is 0 Å². The van der Waals surface area contributed by atoms with Crippen molar-refractivity contribution < 1.29 is 14.3 Å². The molecule has 164 valence electrons. The first kappa shape index (κ1) is 24.3. The molecule has 2 aromatic rings. The lowest BCUT2D eigenvalue weighted by molar-refractivity contribution is -0.128. The monoisotopic (exact) mass is 418 g/mol. The summed E-state index contributed by atoms with van der Waals surface area (Å²) in [5.41, 5.74) is 3.01. The van der Waals surface area contributed by atoms with E-state index in [-0.39, 0.29) is 0 Å². The molecule has 0 aliphatic heterocycles. The molecule has 31 heavy (non-hydrogen) atoms. The van der Waals surface area contributed by atoms with Gasteiger partial charge in [-0.25, -0.2) is 4.79 Å². The number of rotatable bonds is 12. The van der Waals surface area contributed by atoms with Crippen LogP contribution in [0.3, 0.4) is 0 Å². The molecular weight excluding hydrogens is 384 g/mol. The third-order valence-electron chi connectivity index (χ3n) is 5.18. The van der Waals surface area contributed by atoms with E-state index < -0.39 is 5.97 Å². The third-order valence-corrected chi connectivity index (χ3v) is 5.18. The fourth-order valence-electron chi connectivity index (χ4n) is 3.39. The van der Waals surface area contributed by atoms with E-state index in [4.69, 9.17) is 9.47 Å². The highest BCUT2D eigenvalue weighted by Gasteiger charge is 2.04. The molecule has 0 fully saturated rings. The molecule has 0 aromatic heterocycles. The molecular formula is C28H34O3. The molecule has 0 spiro atoms. The Kier molecular flexibility index (Phi) is 11.0. The molecule has 0 N–H and O–H groups in total. The van der Waals surface area contributed by atoms with Gasteiger partial charge in [0.2, 0.25) is 0 Å². The summed E-state index contributed by atoms with van der Waals surface area (Å²) in [6.45, 7) is 5.64. The normalized spacial score (nSPS) is 10.1. The lowest BCUT2D eigenvalue weighted by atomic mass is 10.0. The predicted octanol–water partition coefficient (Wildman–Crippen LogP) is 6.87. The summed E-state index contributed by atoms with van der Waals surface area (Å²) in [6.07, 6.45) is 12.7. The summed E-state index contributed by atoms with van der Waals surface area (Å²) >= 11 is 0. The van der Waals surface area contributed by atoms with Crippen molar-refractivity contribution in [2.75, 3.05) is 7.11 Å². The smallest absolute Gasteiger partial charge is 0.335 e. The second-order valence-corrected chi connectivity index (χ2v) is 7.65. The van der Waals surface area contributed by atoms with Crippen LogP contribution in [0.4, 0.5) is 0 Å². The maximum absolute atomic E-state index is 11.2. The Morgan fingerprint density at radius 3 is 2.16 bits per heavy atom. The van der Waals surface area contributed by atoms with Crippen LogP contribution in [0.5, 0.6) is 11.5 Å². The number of carbonyl (C=O) groups is 1. The highest BCUT2D eigenvalue weighted by molar-refractivity contribution is 5.83. The zero-order valence-corrected chi connectivity index (χ0v) is 18.9. The Hall–Kier alpha value is -2.99. The summed E-state index contributed by atoms with van der Waals surface area (Å²) in [6, 6.07) is 13.3. The number of methoxy groups -OCH3 is 1. The van der Waals surface area contributed by atoms with E-state index in [0.717, 1.165) is 29.4 Å². The number of aryl methyl sites for hydroxylation is 1. The number of carbonyl (C=O) groups excluding carboxylic acids is 1. The second-order valence-electron chi connectivity index (χ2n) is 7.65. The molecule has 0 saturated carbocycles. The van der Waals surface area contributed by atoms with Crippen molar-refractivity contribution in [1.82, 2.24) is 0 Å². The molecule has 3 heteroatoms. The molecule has 3 nitrogen and oxygen atoms in total. The Morgan fingerprint density at radius 1 is 0.903 bits per heavy atom. The predicted molar refractivity (Wildman–Crippen MR) is 128 cm³/mol. The first-order valence-electron chi connectivity index (χ1n) is 11.3. The Labute approximate surface area is 187 Å². The number of hydrogen-bond donors (Lipinski definition) is 0. The Morgan fingerprint density at radius 2 is 1.52 bits per heavy atom. The highest BCUT2D eigenvalue weighted by Crippen LogP contribution is 2.23. The minimum absolute atomic E-state index is 0.474. The van der Waals surface area contributed by atoms with Crippen LogP contribution in [-0.2, 0) is 11.2 Å². The van der Waals surface area contributed by atoms with E-state index in [1.54, 1.807) is 19.2 Å². The Balaban J connectivity index is 1.87. The van der Waals surface area contributed by atoms with Gasteiger partial charge in [-0.2, -0.15) is 0 Å². The number of benzene rings is 2. The van der Waals surface area contributed by atoms with Gasteiger partial charge in [-0.3, -0.25) is 0 Å². The van der Waals surface area contributed by atoms with Crippen molar-refractivity contribution >= 4 is 5.97 Å². The molecule has 0 radical (unpaired) electrons. The van der Waals surface area contributed by atoms with Crippen LogP contribution in [0.25, 0.3) is 0 Å². The van der Waals surface area contributed by atoms with Gasteiger partial charge in [0.05, 0.1) is 7.11 Å². The molecule has 0 amide bonds. The van der Waals surface area contributed by atoms with Crippen molar-refractivity contribution in [3.05, 3.63) is 71.8 Å². The molecule has 0 bridgehead atoms. The minimum Gasteiger partial charge on any atom is -0.496 e. The Bertz CT molecular complexity index is 885. The zero-order chi connectivity index (χ0) is 22.3. The van der Waals surface area contributed by atoms with Crippen LogP contribution in [0.2, 0.25) is 0 Å². The average molecular weight is 419 g/mol. The third kappa shape index (κ3) is 9.13.